The lowest BCUT2D eigenvalue weighted by atomic mass is 9.99. The van der Waals surface area contributed by atoms with Crippen molar-refractivity contribution in [2.75, 3.05) is 0 Å². The first-order valence-corrected chi connectivity index (χ1v) is 16.7. The average molecular weight is 641 g/mol. The number of para-hydroxylation sites is 2. The van der Waals surface area contributed by atoms with Crippen molar-refractivity contribution in [2.24, 2.45) is 0 Å². The van der Waals surface area contributed by atoms with E-state index in [-0.39, 0.29) is 0 Å². The molecule has 50 heavy (non-hydrogen) atoms. The topological polar surface area (TPSA) is 56.7 Å². The fourth-order valence-corrected chi connectivity index (χ4v) is 7.13. The van der Waals surface area contributed by atoms with E-state index in [2.05, 4.69) is 102 Å². The van der Waals surface area contributed by atoms with Gasteiger partial charge in [0.05, 0.1) is 11.0 Å². The smallest absolute Gasteiger partial charge is 0.164 e. The maximum atomic E-state index is 6.28. The molecule has 0 bridgehead atoms. The van der Waals surface area contributed by atoms with Gasteiger partial charge in [0.2, 0.25) is 0 Å². The van der Waals surface area contributed by atoms with Gasteiger partial charge in [-0.15, -0.1) is 0 Å². The van der Waals surface area contributed by atoms with Crippen LogP contribution in [0.5, 0.6) is 0 Å². The van der Waals surface area contributed by atoms with Gasteiger partial charge in [-0.2, -0.15) is 0 Å². The lowest BCUT2D eigenvalue weighted by Gasteiger charge is -2.10. The van der Waals surface area contributed by atoms with Crippen LogP contribution in [-0.2, 0) is 0 Å². The molecule has 3 aromatic heterocycles. The molecule has 10 rings (SSSR count). The van der Waals surface area contributed by atoms with E-state index in [0.29, 0.717) is 17.5 Å². The second-order valence-electron chi connectivity index (χ2n) is 12.5. The molecule has 0 aliphatic carbocycles. The summed E-state index contributed by atoms with van der Waals surface area (Å²) in [5.41, 5.74) is 10.1. The molecule has 3 heterocycles. The van der Waals surface area contributed by atoms with Crippen LogP contribution in [0.1, 0.15) is 0 Å². The summed E-state index contributed by atoms with van der Waals surface area (Å²) in [4.78, 5) is 15.2. The fraction of sp³-hybridized carbons (Fsp3) is 0. The summed E-state index contributed by atoms with van der Waals surface area (Å²) < 4.78 is 8.61. The van der Waals surface area contributed by atoms with Crippen LogP contribution < -0.4 is 0 Å². The Bertz CT molecular complexity index is 2800. The molecule has 0 saturated carbocycles. The molecule has 0 aliphatic rings. The Balaban J connectivity index is 1.24. The molecule has 0 fully saturated rings. The third-order valence-corrected chi connectivity index (χ3v) is 9.46. The van der Waals surface area contributed by atoms with Crippen molar-refractivity contribution in [2.45, 2.75) is 0 Å². The molecule has 5 heteroatoms. The number of aromatic nitrogens is 4. The van der Waals surface area contributed by atoms with Gasteiger partial charge in [0, 0.05) is 43.9 Å². The van der Waals surface area contributed by atoms with Crippen molar-refractivity contribution < 1.29 is 4.42 Å². The number of hydrogen-bond donors (Lipinski definition) is 0. The summed E-state index contributed by atoms with van der Waals surface area (Å²) in [5, 5.41) is 4.45. The standard InChI is InChI=1S/C45H28N4O/c1-4-13-29(14-5-1)43-46-44(30-15-6-2-7-16-30)48-45(47-43)36-20-12-21-39-42(36)37-27-31(24-26-38(37)49(39)33-17-8-3-9-18-33)32-23-25-35-34-19-10-11-22-40(34)50-41(35)28-32/h1-28H. The third-order valence-electron chi connectivity index (χ3n) is 9.46. The quantitative estimate of drug-likeness (QED) is 0.188. The molecule has 10 aromatic rings. The summed E-state index contributed by atoms with van der Waals surface area (Å²) in [6.07, 6.45) is 0. The molecule has 0 radical (unpaired) electrons. The maximum absolute atomic E-state index is 6.28. The van der Waals surface area contributed by atoms with E-state index in [0.717, 1.165) is 77.2 Å². The molecule has 5 nitrogen and oxygen atoms in total. The molecule has 0 saturated heterocycles. The Morgan fingerprint density at radius 1 is 0.380 bits per heavy atom. The highest BCUT2D eigenvalue weighted by Crippen LogP contribution is 2.41. The molecule has 7 aromatic carbocycles. The summed E-state index contributed by atoms with van der Waals surface area (Å²) in [6.45, 7) is 0. The fourth-order valence-electron chi connectivity index (χ4n) is 7.13. The summed E-state index contributed by atoms with van der Waals surface area (Å²) in [6, 6.07) is 58.6. The van der Waals surface area contributed by atoms with Crippen LogP contribution in [0.15, 0.2) is 174 Å². The lowest BCUT2D eigenvalue weighted by molar-refractivity contribution is 0.669. The monoisotopic (exact) mass is 640 g/mol. The molecule has 0 amide bonds. The molecule has 0 aliphatic heterocycles. The Morgan fingerprint density at radius 3 is 1.72 bits per heavy atom. The highest BCUT2D eigenvalue weighted by molar-refractivity contribution is 6.16. The molecule has 0 atom stereocenters. The van der Waals surface area contributed by atoms with E-state index < -0.39 is 0 Å². The average Bonchev–Trinajstić information content (AvgIpc) is 3.74. The van der Waals surface area contributed by atoms with Gasteiger partial charge >= 0.3 is 0 Å². The number of furan rings is 1. The van der Waals surface area contributed by atoms with E-state index in [1.807, 2.05) is 72.8 Å². The van der Waals surface area contributed by atoms with Crippen molar-refractivity contribution in [3.05, 3.63) is 170 Å². The molecule has 0 spiro atoms. The van der Waals surface area contributed by atoms with E-state index in [4.69, 9.17) is 19.4 Å². The van der Waals surface area contributed by atoms with Crippen LogP contribution in [0, 0.1) is 0 Å². The van der Waals surface area contributed by atoms with Crippen molar-refractivity contribution in [1.29, 1.82) is 0 Å². The van der Waals surface area contributed by atoms with Crippen LogP contribution in [0.3, 0.4) is 0 Å². The van der Waals surface area contributed by atoms with Crippen molar-refractivity contribution >= 4 is 43.7 Å². The Labute approximate surface area is 287 Å². The first kappa shape index (κ1) is 28.2. The summed E-state index contributed by atoms with van der Waals surface area (Å²) in [7, 11) is 0. The number of fused-ring (bicyclic) bond motifs is 6. The van der Waals surface area contributed by atoms with Gasteiger partial charge in [-0.1, -0.05) is 121 Å². The minimum Gasteiger partial charge on any atom is -0.456 e. The Morgan fingerprint density at radius 2 is 0.980 bits per heavy atom. The molecule has 0 N–H and O–H groups in total. The number of rotatable bonds is 5. The van der Waals surface area contributed by atoms with Crippen LogP contribution in [-0.4, -0.2) is 19.5 Å². The van der Waals surface area contributed by atoms with Gasteiger partial charge in [-0.05, 0) is 59.7 Å². The first-order chi connectivity index (χ1) is 24.8. The second-order valence-corrected chi connectivity index (χ2v) is 12.5. The number of nitrogens with zero attached hydrogens (tertiary/aromatic N) is 4. The van der Waals surface area contributed by atoms with E-state index in [1.54, 1.807) is 0 Å². The van der Waals surface area contributed by atoms with E-state index in [9.17, 15) is 0 Å². The van der Waals surface area contributed by atoms with Crippen LogP contribution >= 0.6 is 0 Å². The normalized spacial score (nSPS) is 11.6. The lowest BCUT2D eigenvalue weighted by Crippen LogP contribution is -2.00. The Kier molecular flexibility index (Phi) is 6.42. The zero-order valence-electron chi connectivity index (χ0n) is 26.9. The molecule has 0 unspecified atom stereocenters. The van der Waals surface area contributed by atoms with Gasteiger partial charge in [0.15, 0.2) is 17.5 Å². The van der Waals surface area contributed by atoms with Gasteiger partial charge in [-0.3, -0.25) is 0 Å². The minimum atomic E-state index is 0.629. The second kappa shape index (κ2) is 11.4. The van der Waals surface area contributed by atoms with Gasteiger partial charge < -0.3 is 8.98 Å². The zero-order chi connectivity index (χ0) is 33.0. The van der Waals surface area contributed by atoms with E-state index >= 15 is 0 Å². The van der Waals surface area contributed by atoms with Crippen LogP contribution in [0.2, 0.25) is 0 Å². The zero-order valence-corrected chi connectivity index (χ0v) is 26.9. The Hall–Kier alpha value is -6.85. The predicted octanol–water partition coefficient (Wildman–Crippen LogP) is 11.5. The summed E-state index contributed by atoms with van der Waals surface area (Å²) >= 11 is 0. The van der Waals surface area contributed by atoms with Crippen molar-refractivity contribution in [3.8, 4) is 51.0 Å². The van der Waals surface area contributed by atoms with Crippen molar-refractivity contribution in [3.63, 3.8) is 0 Å². The molecule has 234 valence electrons. The molecular weight excluding hydrogens is 613 g/mol. The SMILES string of the molecule is c1ccc(-c2nc(-c3ccccc3)nc(-c3cccc4c3c3cc(-c5ccc6c(c5)oc5ccccc56)ccc3n4-c3ccccc3)n2)cc1. The third kappa shape index (κ3) is 4.60. The van der Waals surface area contributed by atoms with Crippen LogP contribution in [0.4, 0.5) is 0 Å². The number of benzene rings is 7. The van der Waals surface area contributed by atoms with Gasteiger partial charge in [-0.25, -0.2) is 15.0 Å². The van der Waals surface area contributed by atoms with Gasteiger partial charge in [0.25, 0.3) is 0 Å². The predicted molar refractivity (Wildman–Crippen MR) is 203 cm³/mol. The van der Waals surface area contributed by atoms with Gasteiger partial charge in [0.1, 0.15) is 11.2 Å². The highest BCUT2D eigenvalue weighted by Gasteiger charge is 2.20. The maximum Gasteiger partial charge on any atom is 0.164 e. The molecular formula is C45H28N4O. The van der Waals surface area contributed by atoms with Crippen molar-refractivity contribution in [1.82, 2.24) is 19.5 Å². The highest BCUT2D eigenvalue weighted by atomic mass is 16.3. The number of hydrogen-bond acceptors (Lipinski definition) is 4. The first-order valence-electron chi connectivity index (χ1n) is 16.7. The minimum absolute atomic E-state index is 0.629. The largest absolute Gasteiger partial charge is 0.456 e. The van der Waals surface area contributed by atoms with Crippen LogP contribution in [0.25, 0.3) is 94.7 Å². The van der Waals surface area contributed by atoms with E-state index in [1.165, 1.54) is 0 Å². The summed E-state index contributed by atoms with van der Waals surface area (Å²) in [5.74, 6) is 1.90.